The molecule has 1 aromatic rings. The minimum Gasteiger partial charge on any atom is -0.369 e. The molecule has 1 aliphatic rings. The van der Waals surface area contributed by atoms with Crippen molar-refractivity contribution in [2.24, 2.45) is 5.73 Å². The molecule has 0 bridgehead atoms. The fraction of sp³-hybridized carbons (Fsp3) is 0.462. The van der Waals surface area contributed by atoms with Gasteiger partial charge in [0.1, 0.15) is 5.82 Å². The summed E-state index contributed by atoms with van der Waals surface area (Å²) in [5.41, 5.74) is 5.95. The molecule has 2 rings (SSSR count). The van der Waals surface area contributed by atoms with Crippen LogP contribution in [-0.4, -0.2) is 30.4 Å². The third-order valence-corrected chi connectivity index (χ3v) is 3.31. The van der Waals surface area contributed by atoms with Crippen molar-refractivity contribution in [1.82, 2.24) is 4.90 Å². The van der Waals surface area contributed by atoms with Gasteiger partial charge >= 0.3 is 0 Å². The van der Waals surface area contributed by atoms with Gasteiger partial charge in [0, 0.05) is 0 Å². The van der Waals surface area contributed by atoms with Crippen LogP contribution in [0.2, 0.25) is 0 Å². The molecule has 0 radical (unpaired) electrons. The Morgan fingerprint density at radius 1 is 1.35 bits per heavy atom. The number of rotatable bonds is 3. The quantitative estimate of drug-likeness (QED) is 0.864. The number of likely N-dealkylation sites (tertiary alicyclic amines) is 1. The molecule has 92 valence electrons. The van der Waals surface area contributed by atoms with E-state index in [2.05, 4.69) is 0 Å². The van der Waals surface area contributed by atoms with Crippen molar-refractivity contribution < 1.29 is 9.18 Å². The fourth-order valence-electron chi connectivity index (χ4n) is 2.43. The van der Waals surface area contributed by atoms with Crippen molar-refractivity contribution in [1.29, 1.82) is 0 Å². The van der Waals surface area contributed by atoms with Gasteiger partial charge in [-0.15, -0.1) is 0 Å². The van der Waals surface area contributed by atoms with Gasteiger partial charge in [-0.2, -0.15) is 0 Å². The molecule has 1 heterocycles. The van der Waals surface area contributed by atoms with Gasteiger partial charge in [-0.25, -0.2) is 4.39 Å². The van der Waals surface area contributed by atoms with Crippen LogP contribution in [0.3, 0.4) is 0 Å². The number of primary amides is 1. The van der Waals surface area contributed by atoms with Crippen molar-refractivity contribution in [2.75, 3.05) is 19.6 Å². The minimum absolute atomic E-state index is 0.124. The molecule has 1 aliphatic heterocycles. The summed E-state index contributed by atoms with van der Waals surface area (Å²) in [5, 5.41) is 0. The molecular weight excluding hydrogens is 219 g/mol. The highest BCUT2D eigenvalue weighted by molar-refractivity contribution is 5.75. The van der Waals surface area contributed by atoms with E-state index in [0.29, 0.717) is 6.54 Å². The second kappa shape index (κ2) is 5.27. The van der Waals surface area contributed by atoms with E-state index >= 15 is 0 Å². The molecule has 0 atom stereocenters. The topological polar surface area (TPSA) is 46.3 Å². The van der Waals surface area contributed by atoms with Crippen LogP contribution in [0.5, 0.6) is 0 Å². The number of hydrogen-bond acceptors (Lipinski definition) is 2. The average Bonchev–Trinajstić information content (AvgIpc) is 2.30. The standard InChI is InChI=1S/C13H17FN2O/c14-12-4-2-1-3-11(12)10-5-7-16(8-6-10)9-13(15)17/h1-4,10H,5-9H2,(H2,15,17). The number of nitrogens with two attached hydrogens (primary N) is 1. The molecule has 0 aromatic heterocycles. The van der Waals surface area contributed by atoms with Crippen molar-refractivity contribution in [3.63, 3.8) is 0 Å². The van der Waals surface area contributed by atoms with E-state index in [4.69, 9.17) is 5.73 Å². The Labute approximate surface area is 100 Å². The molecule has 1 fully saturated rings. The zero-order valence-electron chi connectivity index (χ0n) is 9.73. The van der Waals surface area contributed by atoms with E-state index in [1.54, 1.807) is 6.07 Å². The largest absolute Gasteiger partial charge is 0.369 e. The molecule has 4 heteroatoms. The third kappa shape index (κ3) is 3.03. The van der Waals surface area contributed by atoms with E-state index < -0.39 is 0 Å². The van der Waals surface area contributed by atoms with Crippen LogP contribution < -0.4 is 5.73 Å². The minimum atomic E-state index is -0.297. The Morgan fingerprint density at radius 2 is 2.00 bits per heavy atom. The Balaban J connectivity index is 1.95. The molecule has 1 amide bonds. The first-order chi connectivity index (χ1) is 8.16. The van der Waals surface area contributed by atoms with E-state index in [1.807, 2.05) is 17.0 Å². The summed E-state index contributed by atoms with van der Waals surface area (Å²) in [4.78, 5) is 12.8. The van der Waals surface area contributed by atoms with Gasteiger partial charge in [0.15, 0.2) is 0 Å². The number of piperidine rings is 1. The van der Waals surface area contributed by atoms with E-state index in [9.17, 15) is 9.18 Å². The van der Waals surface area contributed by atoms with Crippen molar-refractivity contribution in [3.8, 4) is 0 Å². The number of carbonyl (C=O) groups excluding carboxylic acids is 1. The predicted octanol–water partition coefficient (Wildman–Crippen LogP) is 1.49. The maximum atomic E-state index is 13.6. The van der Waals surface area contributed by atoms with Gasteiger partial charge in [-0.1, -0.05) is 18.2 Å². The van der Waals surface area contributed by atoms with Crippen LogP contribution in [0, 0.1) is 5.82 Å². The molecule has 0 saturated carbocycles. The molecule has 17 heavy (non-hydrogen) atoms. The Hall–Kier alpha value is -1.42. The molecule has 0 aliphatic carbocycles. The van der Waals surface area contributed by atoms with E-state index in [-0.39, 0.29) is 17.6 Å². The van der Waals surface area contributed by atoms with Crippen molar-refractivity contribution >= 4 is 5.91 Å². The monoisotopic (exact) mass is 236 g/mol. The zero-order chi connectivity index (χ0) is 12.3. The first-order valence-corrected chi connectivity index (χ1v) is 5.92. The lowest BCUT2D eigenvalue weighted by Crippen LogP contribution is -2.39. The summed E-state index contributed by atoms with van der Waals surface area (Å²) in [5.74, 6) is -0.157. The summed E-state index contributed by atoms with van der Waals surface area (Å²) < 4.78 is 13.6. The average molecular weight is 236 g/mol. The summed E-state index contributed by atoms with van der Waals surface area (Å²) in [7, 11) is 0. The molecular formula is C13H17FN2O. The summed E-state index contributed by atoms with van der Waals surface area (Å²) in [6, 6.07) is 6.93. The smallest absolute Gasteiger partial charge is 0.231 e. The number of nitrogens with zero attached hydrogens (tertiary/aromatic N) is 1. The lowest BCUT2D eigenvalue weighted by molar-refractivity contribution is -0.119. The molecule has 3 nitrogen and oxygen atoms in total. The summed E-state index contributed by atoms with van der Waals surface area (Å²) >= 11 is 0. The maximum absolute atomic E-state index is 13.6. The SMILES string of the molecule is NC(=O)CN1CCC(c2ccccc2F)CC1. The number of benzene rings is 1. The molecule has 0 unspecified atom stereocenters. The Kier molecular flexibility index (Phi) is 3.74. The van der Waals surface area contributed by atoms with Crippen LogP contribution in [0.15, 0.2) is 24.3 Å². The number of hydrogen-bond donors (Lipinski definition) is 1. The van der Waals surface area contributed by atoms with E-state index in [0.717, 1.165) is 31.5 Å². The van der Waals surface area contributed by atoms with Crippen LogP contribution in [-0.2, 0) is 4.79 Å². The van der Waals surface area contributed by atoms with Crippen LogP contribution in [0.4, 0.5) is 4.39 Å². The highest BCUT2D eigenvalue weighted by Crippen LogP contribution is 2.29. The van der Waals surface area contributed by atoms with Crippen LogP contribution in [0.1, 0.15) is 24.3 Å². The molecule has 1 saturated heterocycles. The highest BCUT2D eigenvalue weighted by atomic mass is 19.1. The number of halogens is 1. The van der Waals surface area contributed by atoms with Crippen LogP contribution in [0.25, 0.3) is 0 Å². The number of amides is 1. The number of carbonyl (C=O) groups is 1. The Morgan fingerprint density at radius 3 is 2.59 bits per heavy atom. The molecule has 1 aromatic carbocycles. The van der Waals surface area contributed by atoms with Crippen molar-refractivity contribution in [3.05, 3.63) is 35.6 Å². The second-order valence-corrected chi connectivity index (χ2v) is 4.54. The van der Waals surface area contributed by atoms with Gasteiger partial charge in [0.2, 0.25) is 5.91 Å². The third-order valence-electron chi connectivity index (χ3n) is 3.31. The lowest BCUT2D eigenvalue weighted by Gasteiger charge is -2.31. The van der Waals surface area contributed by atoms with Gasteiger partial charge in [-0.05, 0) is 43.5 Å². The summed E-state index contributed by atoms with van der Waals surface area (Å²) in [6.45, 7) is 1.92. The zero-order valence-corrected chi connectivity index (χ0v) is 9.73. The Bertz CT molecular complexity index is 400. The predicted molar refractivity (Wildman–Crippen MR) is 64.0 cm³/mol. The normalized spacial score (nSPS) is 18.2. The first kappa shape index (κ1) is 12.0. The van der Waals surface area contributed by atoms with E-state index in [1.165, 1.54) is 6.07 Å². The van der Waals surface area contributed by atoms with Crippen molar-refractivity contribution in [2.45, 2.75) is 18.8 Å². The highest BCUT2D eigenvalue weighted by Gasteiger charge is 2.22. The maximum Gasteiger partial charge on any atom is 0.231 e. The molecule has 0 spiro atoms. The first-order valence-electron chi connectivity index (χ1n) is 5.92. The van der Waals surface area contributed by atoms with Gasteiger partial charge in [0.25, 0.3) is 0 Å². The van der Waals surface area contributed by atoms with Gasteiger partial charge < -0.3 is 5.73 Å². The summed E-state index contributed by atoms with van der Waals surface area (Å²) in [6.07, 6.45) is 1.77. The van der Waals surface area contributed by atoms with Crippen LogP contribution >= 0.6 is 0 Å². The molecule has 2 N–H and O–H groups in total. The van der Waals surface area contributed by atoms with Gasteiger partial charge in [-0.3, -0.25) is 9.69 Å². The fourth-order valence-corrected chi connectivity index (χ4v) is 2.43. The lowest BCUT2D eigenvalue weighted by atomic mass is 9.89. The van der Waals surface area contributed by atoms with Gasteiger partial charge in [0.05, 0.1) is 6.54 Å². The second-order valence-electron chi connectivity index (χ2n) is 4.54.